The first-order valence-electron chi connectivity index (χ1n) is 7.95. The molecule has 0 fully saturated rings. The van der Waals surface area contributed by atoms with Crippen molar-refractivity contribution < 1.29 is 18.9 Å². The van der Waals surface area contributed by atoms with E-state index in [9.17, 15) is 0 Å². The van der Waals surface area contributed by atoms with E-state index in [2.05, 4.69) is 0 Å². The summed E-state index contributed by atoms with van der Waals surface area (Å²) in [6.07, 6.45) is 0.778. The van der Waals surface area contributed by atoms with Crippen LogP contribution in [0.1, 0.15) is 0 Å². The van der Waals surface area contributed by atoms with Crippen LogP contribution < -0.4 is 18.9 Å². The van der Waals surface area contributed by atoms with E-state index in [1.807, 2.05) is 84.9 Å². The van der Waals surface area contributed by atoms with Crippen LogP contribution in [-0.2, 0) is 0 Å². The van der Waals surface area contributed by atoms with Crippen LogP contribution in [0.4, 0.5) is 0 Å². The van der Waals surface area contributed by atoms with Crippen LogP contribution in [0.5, 0.6) is 23.0 Å². The second-order valence-electron chi connectivity index (χ2n) is 5.38. The summed E-state index contributed by atoms with van der Waals surface area (Å²) in [7, 11) is 0. The van der Waals surface area contributed by atoms with Gasteiger partial charge in [0.05, 0.1) is 0 Å². The molecule has 1 aliphatic heterocycles. The number of rotatable bonds is 4. The maximum atomic E-state index is 5.94. The van der Waals surface area contributed by atoms with Crippen molar-refractivity contribution in [2.75, 3.05) is 0 Å². The Bertz CT molecular complexity index is 859. The maximum absolute atomic E-state index is 5.94. The number of benzene rings is 3. The number of para-hydroxylation sites is 4. The monoisotopic (exact) mass is 332 g/mol. The Morgan fingerprint density at radius 3 is 2.00 bits per heavy atom. The van der Waals surface area contributed by atoms with Crippen LogP contribution >= 0.6 is 0 Å². The highest BCUT2D eigenvalue weighted by atomic mass is 16.7. The molecular weight excluding hydrogens is 316 g/mol. The van der Waals surface area contributed by atoms with Crippen LogP contribution in [0.2, 0.25) is 0 Å². The molecular formula is C21H16O4. The van der Waals surface area contributed by atoms with Gasteiger partial charge in [-0.2, -0.15) is 0 Å². The minimum absolute atomic E-state index is 0.436. The fraction of sp³-hybridized carbons (Fsp3) is 0.0476. The van der Waals surface area contributed by atoms with Gasteiger partial charge in [0.15, 0.2) is 11.5 Å². The summed E-state index contributed by atoms with van der Waals surface area (Å²) in [6.45, 7) is 0. The van der Waals surface area contributed by atoms with Gasteiger partial charge >= 0.3 is 6.29 Å². The smallest absolute Gasteiger partial charge is 0.303 e. The van der Waals surface area contributed by atoms with Crippen molar-refractivity contribution in [3.63, 3.8) is 0 Å². The molecule has 0 radical (unpaired) electrons. The van der Waals surface area contributed by atoms with Crippen molar-refractivity contribution in [3.05, 3.63) is 97.0 Å². The third-order valence-electron chi connectivity index (χ3n) is 3.58. The molecule has 0 saturated carbocycles. The lowest BCUT2D eigenvalue weighted by Gasteiger charge is -2.28. The first kappa shape index (κ1) is 15.1. The highest BCUT2D eigenvalue weighted by molar-refractivity contribution is 5.43. The molecule has 25 heavy (non-hydrogen) atoms. The van der Waals surface area contributed by atoms with E-state index < -0.39 is 6.29 Å². The summed E-state index contributed by atoms with van der Waals surface area (Å²) in [6, 6.07) is 26.4. The van der Waals surface area contributed by atoms with Crippen molar-refractivity contribution in [3.8, 4) is 23.0 Å². The molecule has 3 aromatic carbocycles. The quantitative estimate of drug-likeness (QED) is 0.644. The molecule has 0 saturated heterocycles. The molecule has 1 unspecified atom stereocenters. The van der Waals surface area contributed by atoms with Gasteiger partial charge in [0.2, 0.25) is 5.76 Å². The molecule has 1 heterocycles. The Morgan fingerprint density at radius 1 is 0.680 bits per heavy atom. The average Bonchev–Trinajstić information content (AvgIpc) is 2.68. The lowest BCUT2D eigenvalue weighted by molar-refractivity contribution is -0.0112. The lowest BCUT2D eigenvalue weighted by atomic mass is 10.3. The van der Waals surface area contributed by atoms with Crippen LogP contribution in [0, 0.1) is 0 Å². The summed E-state index contributed by atoms with van der Waals surface area (Å²) >= 11 is 0. The van der Waals surface area contributed by atoms with Gasteiger partial charge in [-0.25, -0.2) is 0 Å². The van der Waals surface area contributed by atoms with Gasteiger partial charge in [-0.05, 0) is 36.4 Å². The second kappa shape index (κ2) is 7.01. The zero-order valence-corrected chi connectivity index (χ0v) is 13.4. The maximum Gasteiger partial charge on any atom is 0.303 e. The SMILES string of the molecule is C(Oc1ccccc1)=C1Oc2ccccc2OC1Oc1ccccc1. The molecule has 4 heteroatoms. The molecule has 0 bridgehead atoms. The molecule has 0 aromatic heterocycles. The lowest BCUT2D eigenvalue weighted by Crippen LogP contribution is -2.32. The number of fused-ring (bicyclic) bond motifs is 1. The molecule has 0 aliphatic carbocycles. The van der Waals surface area contributed by atoms with Crippen molar-refractivity contribution in [1.82, 2.24) is 0 Å². The third-order valence-corrected chi connectivity index (χ3v) is 3.58. The third kappa shape index (κ3) is 3.58. The van der Waals surface area contributed by atoms with Gasteiger partial charge in [0.25, 0.3) is 0 Å². The minimum Gasteiger partial charge on any atom is -0.461 e. The van der Waals surface area contributed by atoms with E-state index in [4.69, 9.17) is 18.9 Å². The first-order chi connectivity index (χ1) is 12.4. The summed E-state index contributed by atoms with van der Waals surface area (Å²) in [5, 5.41) is 0. The van der Waals surface area contributed by atoms with Crippen molar-refractivity contribution in [2.45, 2.75) is 6.29 Å². The molecule has 0 N–H and O–H groups in total. The van der Waals surface area contributed by atoms with Gasteiger partial charge in [-0.1, -0.05) is 48.5 Å². The highest BCUT2D eigenvalue weighted by Crippen LogP contribution is 2.35. The highest BCUT2D eigenvalue weighted by Gasteiger charge is 2.29. The molecule has 3 aromatic rings. The van der Waals surface area contributed by atoms with Gasteiger partial charge in [-0.15, -0.1) is 0 Å². The van der Waals surface area contributed by atoms with Gasteiger partial charge in [0.1, 0.15) is 17.8 Å². The van der Waals surface area contributed by atoms with Gasteiger partial charge in [-0.3, -0.25) is 0 Å². The molecule has 124 valence electrons. The largest absolute Gasteiger partial charge is 0.461 e. The summed E-state index contributed by atoms with van der Waals surface area (Å²) in [4.78, 5) is 0. The normalized spacial score (nSPS) is 17.1. The molecule has 1 aliphatic rings. The fourth-order valence-electron chi connectivity index (χ4n) is 2.39. The van der Waals surface area contributed by atoms with Crippen LogP contribution in [0.15, 0.2) is 97.0 Å². The Balaban J connectivity index is 1.61. The van der Waals surface area contributed by atoms with Gasteiger partial charge < -0.3 is 18.9 Å². The van der Waals surface area contributed by atoms with Crippen LogP contribution in [0.3, 0.4) is 0 Å². The minimum atomic E-state index is -0.735. The Hall–Kier alpha value is -3.40. The number of hydrogen-bond acceptors (Lipinski definition) is 4. The second-order valence-corrected chi connectivity index (χ2v) is 5.38. The van der Waals surface area contributed by atoms with E-state index >= 15 is 0 Å². The zero-order chi connectivity index (χ0) is 16.9. The number of hydrogen-bond donors (Lipinski definition) is 0. The average molecular weight is 332 g/mol. The van der Waals surface area contributed by atoms with E-state index in [-0.39, 0.29) is 0 Å². The summed E-state index contributed by atoms with van der Waals surface area (Å²) in [5.74, 6) is 3.07. The topological polar surface area (TPSA) is 36.9 Å². The molecule has 4 nitrogen and oxygen atoms in total. The Morgan fingerprint density at radius 2 is 1.28 bits per heavy atom. The van der Waals surface area contributed by atoms with E-state index in [1.54, 1.807) is 0 Å². The Kier molecular flexibility index (Phi) is 4.25. The summed E-state index contributed by atoms with van der Waals surface area (Å²) < 4.78 is 23.5. The Labute approximate surface area is 145 Å². The van der Waals surface area contributed by atoms with Gasteiger partial charge in [0, 0.05) is 0 Å². The molecule has 4 rings (SSSR count). The van der Waals surface area contributed by atoms with Crippen LogP contribution in [-0.4, -0.2) is 6.29 Å². The number of ether oxygens (including phenoxy) is 4. The fourth-order valence-corrected chi connectivity index (χ4v) is 2.39. The standard InChI is InChI=1S/C21H16O4/c1-3-9-16(10-4-1)22-15-20-21(23-17-11-5-2-6-12-17)25-19-14-8-7-13-18(19)24-20/h1-15,21H. The predicted octanol–water partition coefficient (Wildman–Crippen LogP) is 4.78. The van der Waals surface area contributed by atoms with Crippen molar-refractivity contribution in [2.24, 2.45) is 0 Å². The van der Waals surface area contributed by atoms with Crippen LogP contribution in [0.25, 0.3) is 0 Å². The van der Waals surface area contributed by atoms with E-state index in [0.717, 1.165) is 0 Å². The summed E-state index contributed by atoms with van der Waals surface area (Å²) in [5.41, 5.74) is 0. The zero-order valence-electron chi connectivity index (χ0n) is 13.4. The van der Waals surface area contributed by atoms with Crippen molar-refractivity contribution >= 4 is 0 Å². The molecule has 0 spiro atoms. The van der Waals surface area contributed by atoms with E-state index in [1.165, 1.54) is 6.26 Å². The van der Waals surface area contributed by atoms with Crippen molar-refractivity contribution in [1.29, 1.82) is 0 Å². The molecule has 1 atom stereocenters. The van der Waals surface area contributed by atoms with E-state index in [0.29, 0.717) is 28.8 Å². The molecule has 0 amide bonds. The predicted molar refractivity (Wildman–Crippen MR) is 93.7 cm³/mol. The first-order valence-corrected chi connectivity index (χ1v) is 7.95.